The van der Waals surface area contributed by atoms with Gasteiger partial charge in [-0.25, -0.2) is 5.01 Å². The number of hydrazine groups is 1. The highest BCUT2D eigenvalue weighted by atomic mass is 16.2. The zero-order chi connectivity index (χ0) is 14.1. The van der Waals surface area contributed by atoms with Gasteiger partial charge in [0, 0.05) is 32.2 Å². The van der Waals surface area contributed by atoms with Crippen molar-refractivity contribution in [2.45, 2.75) is 57.2 Å². The normalized spacial score (nSPS) is 41.6. The van der Waals surface area contributed by atoms with Crippen LogP contribution < -0.4 is 16.1 Å². The molecule has 2 saturated heterocycles. The van der Waals surface area contributed by atoms with Crippen LogP contribution >= 0.6 is 0 Å². The third-order valence-electron chi connectivity index (χ3n) is 5.50. The van der Waals surface area contributed by atoms with Crippen molar-refractivity contribution < 1.29 is 4.79 Å². The molecule has 1 aliphatic carbocycles. The number of hydrogen-bond donors (Lipinski definition) is 3. The summed E-state index contributed by atoms with van der Waals surface area (Å²) in [6, 6.07) is 1.03. The molecule has 5 heteroatoms. The van der Waals surface area contributed by atoms with Gasteiger partial charge in [0.15, 0.2) is 0 Å². The average molecular weight is 280 g/mol. The first-order valence-corrected chi connectivity index (χ1v) is 8.15. The standard InChI is InChI=1S/C15H28N4O/c1-10-4-3-5-11-8-13(18-14(10)11)15(20)16-9-12-6-7-17-19(12)2/h10-14,17-18H,3-9H2,1-2H3,(H,16,20). The number of hydrogen-bond acceptors (Lipinski definition) is 4. The summed E-state index contributed by atoms with van der Waals surface area (Å²) >= 11 is 0. The lowest BCUT2D eigenvalue weighted by Crippen LogP contribution is -2.48. The molecule has 20 heavy (non-hydrogen) atoms. The maximum atomic E-state index is 12.3. The lowest BCUT2D eigenvalue weighted by Gasteiger charge is -2.31. The van der Waals surface area contributed by atoms with Gasteiger partial charge in [-0.3, -0.25) is 10.2 Å². The summed E-state index contributed by atoms with van der Waals surface area (Å²) in [4.78, 5) is 12.3. The first-order valence-electron chi connectivity index (χ1n) is 8.15. The van der Waals surface area contributed by atoms with Crippen LogP contribution in [0.25, 0.3) is 0 Å². The van der Waals surface area contributed by atoms with Crippen LogP contribution in [0.15, 0.2) is 0 Å². The Morgan fingerprint density at radius 3 is 2.90 bits per heavy atom. The minimum Gasteiger partial charge on any atom is -0.353 e. The van der Waals surface area contributed by atoms with Crippen LogP contribution in [0.5, 0.6) is 0 Å². The third-order valence-corrected chi connectivity index (χ3v) is 5.50. The number of rotatable bonds is 3. The van der Waals surface area contributed by atoms with Crippen molar-refractivity contribution in [3.63, 3.8) is 0 Å². The molecule has 0 radical (unpaired) electrons. The molecular weight excluding hydrogens is 252 g/mol. The number of carbonyl (C=O) groups excluding carboxylic acids is 1. The van der Waals surface area contributed by atoms with Gasteiger partial charge >= 0.3 is 0 Å². The lowest BCUT2D eigenvalue weighted by molar-refractivity contribution is -0.123. The van der Waals surface area contributed by atoms with Crippen molar-refractivity contribution in [1.29, 1.82) is 0 Å². The van der Waals surface area contributed by atoms with Crippen molar-refractivity contribution in [2.24, 2.45) is 11.8 Å². The van der Waals surface area contributed by atoms with Gasteiger partial charge in [-0.2, -0.15) is 0 Å². The molecule has 0 aromatic carbocycles. The topological polar surface area (TPSA) is 56.4 Å². The number of carbonyl (C=O) groups is 1. The molecule has 5 unspecified atom stereocenters. The molecule has 3 aliphatic rings. The van der Waals surface area contributed by atoms with Crippen LogP contribution in [0, 0.1) is 11.8 Å². The Balaban J connectivity index is 1.48. The average Bonchev–Trinajstić information content (AvgIpc) is 3.03. The Labute approximate surface area is 121 Å². The van der Waals surface area contributed by atoms with E-state index in [1.807, 2.05) is 7.05 Å². The largest absolute Gasteiger partial charge is 0.353 e. The van der Waals surface area contributed by atoms with Crippen molar-refractivity contribution in [3.05, 3.63) is 0 Å². The van der Waals surface area contributed by atoms with E-state index in [0.717, 1.165) is 31.8 Å². The molecule has 0 aromatic rings. The third kappa shape index (κ3) is 2.85. The second-order valence-corrected chi connectivity index (χ2v) is 6.86. The molecule has 1 saturated carbocycles. The van der Waals surface area contributed by atoms with Crippen LogP contribution in [0.4, 0.5) is 0 Å². The first kappa shape index (κ1) is 14.3. The molecule has 2 aliphatic heterocycles. The molecule has 0 bridgehead atoms. The maximum Gasteiger partial charge on any atom is 0.237 e. The van der Waals surface area contributed by atoms with Gasteiger partial charge in [0.2, 0.25) is 5.91 Å². The molecule has 3 fully saturated rings. The van der Waals surface area contributed by atoms with Gasteiger partial charge in [0.05, 0.1) is 6.04 Å². The quantitative estimate of drug-likeness (QED) is 0.704. The van der Waals surface area contributed by atoms with Gasteiger partial charge in [-0.05, 0) is 37.5 Å². The van der Waals surface area contributed by atoms with E-state index in [1.54, 1.807) is 0 Å². The molecular formula is C15H28N4O. The van der Waals surface area contributed by atoms with E-state index in [9.17, 15) is 4.79 Å². The van der Waals surface area contributed by atoms with Gasteiger partial charge in [-0.15, -0.1) is 0 Å². The Hall–Kier alpha value is -0.650. The summed E-state index contributed by atoms with van der Waals surface area (Å²) in [6.45, 7) is 4.09. The van der Waals surface area contributed by atoms with Crippen LogP contribution in [-0.2, 0) is 4.79 Å². The summed E-state index contributed by atoms with van der Waals surface area (Å²) in [6.07, 6.45) is 6.07. The predicted octanol–water partition coefficient (Wildman–Crippen LogP) is 0.478. The predicted molar refractivity (Wildman–Crippen MR) is 79.0 cm³/mol. The summed E-state index contributed by atoms with van der Waals surface area (Å²) in [5, 5.41) is 8.84. The van der Waals surface area contributed by atoms with Crippen LogP contribution in [-0.4, -0.2) is 49.2 Å². The van der Waals surface area contributed by atoms with E-state index in [2.05, 4.69) is 28.0 Å². The fourth-order valence-electron chi connectivity index (χ4n) is 4.19. The number of amides is 1. The summed E-state index contributed by atoms with van der Waals surface area (Å²) < 4.78 is 0. The zero-order valence-corrected chi connectivity index (χ0v) is 12.7. The highest BCUT2D eigenvalue weighted by molar-refractivity contribution is 5.82. The SMILES string of the molecule is CC1CCCC2CC(C(=O)NCC3CCNN3C)NC12. The number of fused-ring (bicyclic) bond motifs is 1. The Morgan fingerprint density at radius 2 is 2.20 bits per heavy atom. The molecule has 2 heterocycles. The number of nitrogens with zero attached hydrogens (tertiary/aromatic N) is 1. The van der Waals surface area contributed by atoms with Crippen molar-refractivity contribution in [3.8, 4) is 0 Å². The first-order chi connectivity index (χ1) is 9.65. The molecule has 3 rings (SSSR count). The van der Waals surface area contributed by atoms with E-state index in [4.69, 9.17) is 0 Å². The van der Waals surface area contributed by atoms with Crippen LogP contribution in [0.2, 0.25) is 0 Å². The Kier molecular flexibility index (Phi) is 4.29. The second kappa shape index (κ2) is 6.00. The van der Waals surface area contributed by atoms with E-state index in [1.165, 1.54) is 19.3 Å². The van der Waals surface area contributed by atoms with Crippen molar-refractivity contribution >= 4 is 5.91 Å². The maximum absolute atomic E-state index is 12.3. The van der Waals surface area contributed by atoms with Gasteiger partial charge in [0.1, 0.15) is 0 Å². The number of nitrogens with one attached hydrogen (secondary N) is 3. The van der Waals surface area contributed by atoms with Crippen molar-refractivity contribution in [2.75, 3.05) is 20.1 Å². The fourth-order valence-corrected chi connectivity index (χ4v) is 4.19. The Bertz CT molecular complexity index is 362. The zero-order valence-electron chi connectivity index (χ0n) is 12.7. The molecule has 114 valence electrons. The minimum atomic E-state index is 0.0326. The smallest absolute Gasteiger partial charge is 0.237 e. The molecule has 0 aromatic heterocycles. The summed E-state index contributed by atoms with van der Waals surface area (Å²) in [7, 11) is 2.05. The van der Waals surface area contributed by atoms with E-state index < -0.39 is 0 Å². The molecule has 5 nitrogen and oxygen atoms in total. The minimum absolute atomic E-state index is 0.0326. The van der Waals surface area contributed by atoms with Crippen LogP contribution in [0.1, 0.15) is 39.0 Å². The van der Waals surface area contributed by atoms with E-state index in [-0.39, 0.29) is 11.9 Å². The lowest BCUT2D eigenvalue weighted by atomic mass is 9.78. The molecule has 3 N–H and O–H groups in total. The Morgan fingerprint density at radius 1 is 1.35 bits per heavy atom. The van der Waals surface area contributed by atoms with E-state index in [0.29, 0.717) is 18.0 Å². The van der Waals surface area contributed by atoms with Crippen LogP contribution in [0.3, 0.4) is 0 Å². The molecule has 1 amide bonds. The van der Waals surface area contributed by atoms with E-state index >= 15 is 0 Å². The van der Waals surface area contributed by atoms with Gasteiger partial charge in [0.25, 0.3) is 0 Å². The summed E-state index contributed by atoms with van der Waals surface area (Å²) in [5.41, 5.74) is 3.28. The van der Waals surface area contributed by atoms with Gasteiger partial charge < -0.3 is 10.6 Å². The fraction of sp³-hybridized carbons (Fsp3) is 0.933. The molecule has 0 spiro atoms. The highest BCUT2D eigenvalue weighted by Crippen LogP contribution is 2.36. The van der Waals surface area contributed by atoms with Crippen molar-refractivity contribution in [1.82, 2.24) is 21.1 Å². The van der Waals surface area contributed by atoms with Gasteiger partial charge in [-0.1, -0.05) is 13.3 Å². The monoisotopic (exact) mass is 280 g/mol. The highest BCUT2D eigenvalue weighted by Gasteiger charge is 2.41. The summed E-state index contributed by atoms with van der Waals surface area (Å²) in [5.74, 6) is 1.63. The second-order valence-electron chi connectivity index (χ2n) is 6.86. The number of likely N-dealkylation sites (N-methyl/N-ethyl adjacent to an activating group) is 1. The molecule has 5 atom stereocenters.